The van der Waals surface area contributed by atoms with E-state index in [9.17, 15) is 24.0 Å². The van der Waals surface area contributed by atoms with Crippen LogP contribution in [0, 0.1) is 5.92 Å². The number of para-hydroxylation sites is 1. The summed E-state index contributed by atoms with van der Waals surface area (Å²) in [6.07, 6.45) is 0.247. The van der Waals surface area contributed by atoms with Crippen LogP contribution in [-0.4, -0.2) is 45.0 Å². The maximum absolute atomic E-state index is 12.4. The van der Waals surface area contributed by atoms with E-state index in [0.717, 1.165) is 4.57 Å². The van der Waals surface area contributed by atoms with Crippen molar-refractivity contribution in [2.45, 2.75) is 32.9 Å². The molecule has 0 saturated carbocycles. The van der Waals surface area contributed by atoms with E-state index in [0.29, 0.717) is 5.52 Å². The Balaban J connectivity index is 2.00. The van der Waals surface area contributed by atoms with Crippen molar-refractivity contribution in [3.63, 3.8) is 0 Å². The fraction of sp³-hybridized carbons (Fsp3) is 0.389. The number of carbonyl (C=O) groups excluding carboxylic acids is 2. The second kappa shape index (κ2) is 8.98. The average Bonchev–Trinajstić information content (AvgIpc) is 2.62. The summed E-state index contributed by atoms with van der Waals surface area (Å²) in [6.45, 7) is 2.60. The van der Waals surface area contributed by atoms with Crippen LogP contribution in [0.4, 0.5) is 0 Å². The number of carboxylic acid groups (broad SMARTS) is 1. The highest BCUT2D eigenvalue weighted by molar-refractivity contribution is 5.88. The van der Waals surface area contributed by atoms with E-state index in [1.807, 2.05) is 13.8 Å². The molecule has 2 amide bonds. The van der Waals surface area contributed by atoms with Gasteiger partial charge in [-0.1, -0.05) is 26.0 Å². The molecule has 0 aliphatic heterocycles. The lowest BCUT2D eigenvalue weighted by atomic mass is 10.0. The summed E-state index contributed by atoms with van der Waals surface area (Å²) in [4.78, 5) is 62.0. The van der Waals surface area contributed by atoms with Crippen LogP contribution in [0.2, 0.25) is 0 Å². The molecule has 2 aromatic rings. The van der Waals surface area contributed by atoms with Gasteiger partial charge in [0.15, 0.2) is 0 Å². The van der Waals surface area contributed by atoms with Crippen LogP contribution < -0.4 is 21.9 Å². The van der Waals surface area contributed by atoms with Gasteiger partial charge >= 0.3 is 11.7 Å². The maximum Gasteiger partial charge on any atom is 0.329 e. The van der Waals surface area contributed by atoms with Crippen LogP contribution >= 0.6 is 0 Å². The van der Waals surface area contributed by atoms with Crippen molar-refractivity contribution in [3.05, 3.63) is 45.1 Å². The molecule has 0 fully saturated rings. The first-order valence-corrected chi connectivity index (χ1v) is 8.69. The van der Waals surface area contributed by atoms with Gasteiger partial charge in [0.25, 0.3) is 5.56 Å². The molecule has 0 aliphatic carbocycles. The molecule has 1 aromatic carbocycles. The second-order valence-electron chi connectivity index (χ2n) is 6.73. The van der Waals surface area contributed by atoms with Gasteiger partial charge in [0, 0.05) is 0 Å². The van der Waals surface area contributed by atoms with Crippen molar-refractivity contribution in [1.29, 1.82) is 0 Å². The van der Waals surface area contributed by atoms with Crippen molar-refractivity contribution in [2.75, 3.05) is 6.54 Å². The minimum absolute atomic E-state index is 0.0579. The van der Waals surface area contributed by atoms with Gasteiger partial charge in [0.05, 0.1) is 17.4 Å². The Hall–Kier alpha value is -3.43. The maximum atomic E-state index is 12.4. The standard InChI is InChI=1S/C18H22N4O6/c1-10(2)7-13(17(26)27)20-14(23)8-19-15(24)9-22-16(25)11-5-3-4-6-12(11)21-18(22)28/h3-6,10,13H,7-9H2,1-2H3,(H,19,24)(H,20,23)(H,21,28)(H,26,27)/t13-/m0/s1. The van der Waals surface area contributed by atoms with Crippen molar-refractivity contribution in [1.82, 2.24) is 20.2 Å². The summed E-state index contributed by atoms with van der Waals surface area (Å²) in [6, 6.07) is 5.33. The predicted octanol–water partition coefficient (Wildman–Crippen LogP) is -0.578. The minimum atomic E-state index is -1.16. The van der Waals surface area contributed by atoms with Gasteiger partial charge in [0.1, 0.15) is 12.6 Å². The van der Waals surface area contributed by atoms with Gasteiger partial charge < -0.3 is 20.7 Å². The molecular weight excluding hydrogens is 368 g/mol. The fourth-order valence-electron chi connectivity index (χ4n) is 2.66. The molecule has 10 nitrogen and oxygen atoms in total. The van der Waals surface area contributed by atoms with Crippen molar-refractivity contribution in [2.24, 2.45) is 5.92 Å². The van der Waals surface area contributed by atoms with Gasteiger partial charge in [-0.25, -0.2) is 9.59 Å². The number of rotatable bonds is 8. The quantitative estimate of drug-likeness (QED) is 0.474. The number of hydrogen-bond acceptors (Lipinski definition) is 5. The minimum Gasteiger partial charge on any atom is -0.480 e. The molecule has 1 atom stereocenters. The van der Waals surface area contributed by atoms with Gasteiger partial charge in [-0.05, 0) is 24.5 Å². The highest BCUT2D eigenvalue weighted by atomic mass is 16.4. The highest BCUT2D eigenvalue weighted by Gasteiger charge is 2.21. The highest BCUT2D eigenvalue weighted by Crippen LogP contribution is 2.05. The van der Waals surface area contributed by atoms with E-state index in [1.165, 1.54) is 6.07 Å². The normalized spacial score (nSPS) is 12.0. The molecule has 0 unspecified atom stereocenters. The number of nitrogens with zero attached hydrogens (tertiary/aromatic N) is 1. The molecule has 4 N–H and O–H groups in total. The van der Waals surface area contributed by atoms with E-state index < -0.39 is 48.2 Å². The molecule has 10 heteroatoms. The molecule has 0 spiro atoms. The Bertz CT molecular complexity index is 1010. The summed E-state index contributed by atoms with van der Waals surface area (Å²) in [7, 11) is 0. The summed E-state index contributed by atoms with van der Waals surface area (Å²) < 4.78 is 0.731. The SMILES string of the molecule is CC(C)C[C@H](NC(=O)CNC(=O)Cn1c(=O)[nH]c2ccccc2c1=O)C(=O)O. The van der Waals surface area contributed by atoms with Gasteiger partial charge in [-0.15, -0.1) is 0 Å². The predicted molar refractivity (Wildman–Crippen MR) is 101 cm³/mol. The first-order valence-electron chi connectivity index (χ1n) is 8.69. The van der Waals surface area contributed by atoms with Crippen LogP contribution in [-0.2, 0) is 20.9 Å². The Kier molecular flexibility index (Phi) is 6.69. The Labute approximate surface area is 159 Å². The third-order valence-electron chi connectivity index (χ3n) is 3.98. The fourth-order valence-corrected chi connectivity index (χ4v) is 2.66. The summed E-state index contributed by atoms with van der Waals surface area (Å²) in [5.41, 5.74) is -1.01. The molecule has 0 radical (unpaired) electrons. The first-order chi connectivity index (χ1) is 13.2. The number of H-pyrrole nitrogens is 1. The average molecular weight is 390 g/mol. The molecule has 2 rings (SSSR count). The third kappa shape index (κ3) is 5.29. The zero-order valence-corrected chi connectivity index (χ0v) is 15.5. The topological polar surface area (TPSA) is 150 Å². The van der Waals surface area contributed by atoms with Crippen LogP contribution in [0.3, 0.4) is 0 Å². The molecule has 1 heterocycles. The van der Waals surface area contributed by atoms with E-state index >= 15 is 0 Å². The smallest absolute Gasteiger partial charge is 0.329 e. The molecule has 0 aliphatic rings. The lowest BCUT2D eigenvalue weighted by Gasteiger charge is -2.16. The monoisotopic (exact) mass is 390 g/mol. The largest absolute Gasteiger partial charge is 0.480 e. The number of benzene rings is 1. The van der Waals surface area contributed by atoms with Crippen molar-refractivity contribution in [3.8, 4) is 0 Å². The number of fused-ring (bicyclic) bond motifs is 1. The Morgan fingerprint density at radius 3 is 2.46 bits per heavy atom. The zero-order chi connectivity index (χ0) is 20.8. The Morgan fingerprint density at radius 1 is 1.14 bits per heavy atom. The van der Waals surface area contributed by atoms with E-state index in [4.69, 9.17) is 5.11 Å². The molecular formula is C18H22N4O6. The number of carbonyl (C=O) groups is 3. The Morgan fingerprint density at radius 2 is 1.82 bits per heavy atom. The summed E-state index contributed by atoms with van der Waals surface area (Å²) in [5, 5.41) is 14.0. The van der Waals surface area contributed by atoms with E-state index in [-0.39, 0.29) is 17.7 Å². The van der Waals surface area contributed by atoms with Crippen molar-refractivity contribution >= 4 is 28.7 Å². The number of aromatic nitrogens is 2. The van der Waals surface area contributed by atoms with Gasteiger partial charge in [-0.3, -0.25) is 19.0 Å². The summed E-state index contributed by atoms with van der Waals surface area (Å²) in [5.74, 6) is -2.51. The van der Waals surface area contributed by atoms with Gasteiger partial charge in [-0.2, -0.15) is 0 Å². The number of aromatic amines is 1. The number of amides is 2. The number of carboxylic acids is 1. The van der Waals surface area contributed by atoms with E-state index in [1.54, 1.807) is 18.2 Å². The number of hydrogen-bond donors (Lipinski definition) is 4. The molecule has 28 heavy (non-hydrogen) atoms. The van der Waals surface area contributed by atoms with Gasteiger partial charge in [0.2, 0.25) is 11.8 Å². The number of nitrogens with one attached hydrogen (secondary N) is 3. The lowest BCUT2D eigenvalue weighted by molar-refractivity contribution is -0.142. The molecule has 150 valence electrons. The van der Waals surface area contributed by atoms with Crippen molar-refractivity contribution < 1.29 is 19.5 Å². The third-order valence-corrected chi connectivity index (χ3v) is 3.98. The molecule has 0 bridgehead atoms. The lowest BCUT2D eigenvalue weighted by Crippen LogP contribution is -2.47. The van der Waals surface area contributed by atoms with Crippen LogP contribution in [0.1, 0.15) is 20.3 Å². The second-order valence-corrected chi connectivity index (χ2v) is 6.73. The van der Waals surface area contributed by atoms with Crippen LogP contribution in [0.25, 0.3) is 10.9 Å². The van der Waals surface area contributed by atoms with Crippen LogP contribution in [0.5, 0.6) is 0 Å². The van der Waals surface area contributed by atoms with Crippen LogP contribution in [0.15, 0.2) is 33.9 Å². The zero-order valence-electron chi connectivity index (χ0n) is 15.5. The summed E-state index contributed by atoms with van der Waals surface area (Å²) >= 11 is 0. The van der Waals surface area contributed by atoms with E-state index in [2.05, 4.69) is 15.6 Å². The molecule has 0 saturated heterocycles. The molecule has 1 aromatic heterocycles. The number of aliphatic carboxylic acids is 1. The first kappa shape index (κ1) is 20.9.